The summed E-state index contributed by atoms with van der Waals surface area (Å²) < 4.78 is 0. The van der Waals surface area contributed by atoms with Gasteiger partial charge in [-0.3, -0.25) is 9.97 Å². The van der Waals surface area contributed by atoms with E-state index in [1.165, 1.54) is 11.1 Å². The largest absolute Gasteiger partial charge is 0.310 e. The maximum Gasteiger partial charge on any atom is 0.0622 e. The van der Waals surface area contributed by atoms with Crippen molar-refractivity contribution in [3.63, 3.8) is 0 Å². The molecule has 2 aromatic heterocycles. The second-order valence-corrected chi connectivity index (χ2v) is 5.38. The van der Waals surface area contributed by atoms with E-state index in [9.17, 15) is 0 Å². The topological polar surface area (TPSA) is 37.8 Å². The highest BCUT2D eigenvalue weighted by atomic mass is 35.5. The Bertz CT molecular complexity index is 557. The van der Waals surface area contributed by atoms with E-state index in [0.717, 1.165) is 30.0 Å². The highest BCUT2D eigenvalue weighted by Crippen LogP contribution is 2.23. The number of nitrogens with one attached hydrogen (secondary N) is 1. The highest BCUT2D eigenvalue weighted by molar-refractivity contribution is 6.31. The van der Waals surface area contributed by atoms with E-state index in [2.05, 4.69) is 35.2 Å². The minimum absolute atomic E-state index is 0.224. The van der Waals surface area contributed by atoms with E-state index < -0.39 is 0 Å². The third-order valence-electron chi connectivity index (χ3n) is 3.22. The van der Waals surface area contributed by atoms with Gasteiger partial charge < -0.3 is 5.32 Å². The smallest absolute Gasteiger partial charge is 0.0622 e. The molecule has 2 aromatic rings. The maximum absolute atomic E-state index is 6.22. The number of aromatic nitrogens is 2. The van der Waals surface area contributed by atoms with Crippen LogP contribution in [-0.4, -0.2) is 16.5 Å². The molecule has 1 atom stereocenters. The first kappa shape index (κ1) is 14.9. The molecule has 0 saturated heterocycles. The standard InChI is InChI=1S/C16H20ClN3/c1-3-5-20-16(14-7-12(2)9-19-10-14)8-13-4-6-18-11-15(13)17/h4,6-7,9-11,16,20H,3,5,8H2,1-2H3. The first-order valence-electron chi connectivity index (χ1n) is 6.94. The molecule has 3 nitrogen and oxygen atoms in total. The lowest BCUT2D eigenvalue weighted by molar-refractivity contribution is 0.527. The molecule has 0 fully saturated rings. The first-order chi connectivity index (χ1) is 9.70. The minimum atomic E-state index is 0.224. The van der Waals surface area contributed by atoms with E-state index in [4.69, 9.17) is 11.6 Å². The van der Waals surface area contributed by atoms with Crippen molar-refractivity contribution < 1.29 is 0 Å². The minimum Gasteiger partial charge on any atom is -0.310 e. The van der Waals surface area contributed by atoms with Crippen molar-refractivity contribution in [3.8, 4) is 0 Å². The average molecular weight is 290 g/mol. The zero-order chi connectivity index (χ0) is 14.4. The van der Waals surface area contributed by atoms with Gasteiger partial charge in [-0.25, -0.2) is 0 Å². The van der Waals surface area contributed by atoms with Crippen LogP contribution in [-0.2, 0) is 6.42 Å². The van der Waals surface area contributed by atoms with Crippen LogP contribution in [0.2, 0.25) is 5.02 Å². The Morgan fingerprint density at radius 3 is 2.80 bits per heavy atom. The highest BCUT2D eigenvalue weighted by Gasteiger charge is 2.14. The van der Waals surface area contributed by atoms with E-state index in [0.29, 0.717) is 0 Å². The molecular formula is C16H20ClN3. The molecule has 1 unspecified atom stereocenters. The second-order valence-electron chi connectivity index (χ2n) is 4.97. The van der Waals surface area contributed by atoms with Crippen LogP contribution in [0, 0.1) is 6.92 Å². The predicted octanol–water partition coefficient (Wildman–Crippen LogP) is 3.72. The van der Waals surface area contributed by atoms with Crippen molar-refractivity contribution in [3.05, 3.63) is 58.6 Å². The molecule has 0 aromatic carbocycles. The Hall–Kier alpha value is -1.45. The van der Waals surface area contributed by atoms with Crippen molar-refractivity contribution in [2.24, 2.45) is 0 Å². The van der Waals surface area contributed by atoms with Crippen LogP contribution in [0.3, 0.4) is 0 Å². The summed E-state index contributed by atoms with van der Waals surface area (Å²) in [6.45, 7) is 5.20. The molecule has 0 aliphatic heterocycles. The van der Waals surface area contributed by atoms with Gasteiger partial charge in [0.1, 0.15) is 0 Å². The van der Waals surface area contributed by atoms with Crippen molar-refractivity contribution in [2.75, 3.05) is 6.54 Å². The molecular weight excluding hydrogens is 270 g/mol. The molecule has 0 radical (unpaired) electrons. The SMILES string of the molecule is CCCNC(Cc1ccncc1Cl)c1cncc(C)c1. The molecule has 20 heavy (non-hydrogen) atoms. The van der Waals surface area contributed by atoms with Crippen molar-refractivity contribution >= 4 is 11.6 Å². The van der Waals surface area contributed by atoms with Crippen molar-refractivity contribution in [1.29, 1.82) is 0 Å². The molecule has 4 heteroatoms. The summed E-state index contributed by atoms with van der Waals surface area (Å²) in [6, 6.07) is 4.38. The molecule has 0 bridgehead atoms. The van der Waals surface area contributed by atoms with Gasteiger partial charge in [-0.1, -0.05) is 24.6 Å². The lowest BCUT2D eigenvalue weighted by atomic mass is 10.00. The Morgan fingerprint density at radius 1 is 1.25 bits per heavy atom. The van der Waals surface area contributed by atoms with Gasteiger partial charge in [0.15, 0.2) is 0 Å². The Labute approximate surface area is 125 Å². The molecule has 2 rings (SSSR count). The Kier molecular flexibility index (Phi) is 5.50. The van der Waals surface area contributed by atoms with Gasteiger partial charge in [-0.2, -0.15) is 0 Å². The fourth-order valence-electron chi connectivity index (χ4n) is 2.18. The van der Waals surface area contributed by atoms with Crippen molar-refractivity contribution in [1.82, 2.24) is 15.3 Å². The molecule has 2 heterocycles. The molecule has 0 saturated carbocycles. The third kappa shape index (κ3) is 4.02. The first-order valence-corrected chi connectivity index (χ1v) is 7.31. The van der Waals surface area contributed by atoms with Crippen LogP contribution in [0.1, 0.15) is 36.1 Å². The monoisotopic (exact) mass is 289 g/mol. The number of halogens is 1. The average Bonchev–Trinajstić information content (AvgIpc) is 2.45. The van der Waals surface area contributed by atoms with Gasteiger partial charge in [0.05, 0.1) is 5.02 Å². The number of nitrogens with zero attached hydrogens (tertiary/aromatic N) is 2. The molecule has 0 aliphatic rings. The fourth-order valence-corrected chi connectivity index (χ4v) is 2.38. The predicted molar refractivity (Wildman–Crippen MR) is 83.0 cm³/mol. The summed E-state index contributed by atoms with van der Waals surface area (Å²) in [5.41, 5.74) is 3.48. The Balaban J connectivity index is 2.21. The zero-order valence-corrected chi connectivity index (χ0v) is 12.7. The van der Waals surface area contributed by atoms with Gasteiger partial charge in [0.2, 0.25) is 0 Å². The normalized spacial score (nSPS) is 12.3. The van der Waals surface area contributed by atoms with Gasteiger partial charge >= 0.3 is 0 Å². The van der Waals surface area contributed by atoms with Crippen LogP contribution in [0.25, 0.3) is 0 Å². The van der Waals surface area contributed by atoms with Crippen LogP contribution < -0.4 is 5.32 Å². The summed E-state index contributed by atoms with van der Waals surface area (Å²) in [5.74, 6) is 0. The fraction of sp³-hybridized carbons (Fsp3) is 0.375. The number of aryl methyl sites for hydroxylation is 1. The van der Waals surface area contributed by atoms with Crippen LogP contribution >= 0.6 is 11.6 Å². The Morgan fingerprint density at radius 2 is 2.10 bits per heavy atom. The van der Waals surface area contributed by atoms with Gasteiger partial charge in [-0.15, -0.1) is 0 Å². The third-order valence-corrected chi connectivity index (χ3v) is 3.56. The molecule has 106 valence electrons. The van der Waals surface area contributed by atoms with Crippen molar-refractivity contribution in [2.45, 2.75) is 32.7 Å². The second kappa shape index (κ2) is 7.36. The number of rotatable bonds is 6. The van der Waals surface area contributed by atoms with Gasteiger partial charge in [0, 0.05) is 30.8 Å². The zero-order valence-electron chi connectivity index (χ0n) is 11.9. The van der Waals surface area contributed by atoms with Crippen LogP contribution in [0.15, 0.2) is 36.9 Å². The number of pyridine rings is 2. The van der Waals surface area contributed by atoms with E-state index in [1.54, 1.807) is 12.4 Å². The van der Waals surface area contributed by atoms with Gasteiger partial charge in [-0.05, 0) is 49.1 Å². The lowest BCUT2D eigenvalue weighted by Crippen LogP contribution is -2.24. The quantitative estimate of drug-likeness (QED) is 0.881. The summed E-state index contributed by atoms with van der Waals surface area (Å²) in [4.78, 5) is 8.33. The van der Waals surface area contributed by atoms with Gasteiger partial charge in [0.25, 0.3) is 0 Å². The number of hydrogen-bond donors (Lipinski definition) is 1. The summed E-state index contributed by atoms with van der Waals surface area (Å²) in [7, 11) is 0. The van der Waals surface area contributed by atoms with E-state index in [-0.39, 0.29) is 6.04 Å². The summed E-state index contributed by atoms with van der Waals surface area (Å²) in [6.07, 6.45) is 9.22. The summed E-state index contributed by atoms with van der Waals surface area (Å²) >= 11 is 6.22. The lowest BCUT2D eigenvalue weighted by Gasteiger charge is -2.19. The summed E-state index contributed by atoms with van der Waals surface area (Å²) in [5, 5.41) is 4.29. The molecule has 0 aliphatic carbocycles. The molecule has 1 N–H and O–H groups in total. The molecule has 0 spiro atoms. The van der Waals surface area contributed by atoms with E-state index in [1.807, 2.05) is 18.5 Å². The molecule has 0 amide bonds. The van der Waals surface area contributed by atoms with E-state index >= 15 is 0 Å². The number of hydrogen-bond acceptors (Lipinski definition) is 3. The maximum atomic E-state index is 6.22. The van der Waals surface area contributed by atoms with Crippen LogP contribution in [0.4, 0.5) is 0 Å². The van der Waals surface area contributed by atoms with Crippen LogP contribution in [0.5, 0.6) is 0 Å².